The van der Waals surface area contributed by atoms with Crippen molar-refractivity contribution < 1.29 is 14.3 Å². The van der Waals surface area contributed by atoms with Crippen LogP contribution in [-0.2, 0) is 9.53 Å². The predicted molar refractivity (Wildman–Crippen MR) is 69.0 cm³/mol. The normalized spacial score (nSPS) is 19.3. The summed E-state index contributed by atoms with van der Waals surface area (Å²) in [6.07, 6.45) is -0.423. The molecule has 0 aliphatic carbocycles. The Bertz CT molecular complexity index is 416. The molecule has 1 amide bonds. The lowest BCUT2D eigenvalue weighted by Gasteiger charge is -2.28. The molecular weight excluding hydrogens is 232 g/mol. The Kier molecular flexibility index (Phi) is 4.17. The Morgan fingerprint density at radius 3 is 2.94 bits per heavy atom. The third-order valence-electron chi connectivity index (χ3n) is 2.98. The van der Waals surface area contributed by atoms with Gasteiger partial charge in [-0.2, -0.15) is 0 Å². The van der Waals surface area contributed by atoms with Crippen molar-refractivity contribution in [3.8, 4) is 5.75 Å². The summed E-state index contributed by atoms with van der Waals surface area (Å²) in [7, 11) is 3.33. The number of amides is 1. The molecule has 1 aliphatic rings. The van der Waals surface area contributed by atoms with E-state index in [1.165, 1.54) is 0 Å². The maximum absolute atomic E-state index is 12.3. The van der Waals surface area contributed by atoms with Crippen molar-refractivity contribution in [1.29, 1.82) is 0 Å². The van der Waals surface area contributed by atoms with Crippen LogP contribution in [0.2, 0.25) is 0 Å². The molecule has 1 unspecified atom stereocenters. The van der Waals surface area contributed by atoms with E-state index in [2.05, 4.69) is 5.32 Å². The number of para-hydroxylation sites is 2. The molecule has 0 radical (unpaired) electrons. The molecule has 1 N–H and O–H groups in total. The van der Waals surface area contributed by atoms with E-state index in [1.54, 1.807) is 19.1 Å². The number of nitrogens with one attached hydrogen (secondary N) is 1. The zero-order chi connectivity index (χ0) is 13.0. The highest BCUT2D eigenvalue weighted by molar-refractivity contribution is 5.97. The SMILES string of the molecule is COc1ccccc1N(C)C(=O)C1CNCCO1. The predicted octanol–water partition coefficient (Wildman–Crippen LogP) is 0.646. The van der Waals surface area contributed by atoms with Gasteiger partial charge in [-0.05, 0) is 12.1 Å². The van der Waals surface area contributed by atoms with Gasteiger partial charge in [-0.15, -0.1) is 0 Å². The highest BCUT2D eigenvalue weighted by Crippen LogP contribution is 2.27. The Hall–Kier alpha value is -1.59. The van der Waals surface area contributed by atoms with Crippen molar-refractivity contribution in [2.24, 2.45) is 0 Å². The lowest BCUT2D eigenvalue weighted by atomic mass is 10.2. The first kappa shape index (κ1) is 12.9. The second-order valence-electron chi connectivity index (χ2n) is 4.13. The number of likely N-dealkylation sites (N-methyl/N-ethyl adjacent to an activating group) is 1. The number of hydrogen-bond donors (Lipinski definition) is 1. The number of rotatable bonds is 3. The summed E-state index contributed by atoms with van der Waals surface area (Å²) in [5.74, 6) is 0.615. The maximum atomic E-state index is 12.3. The van der Waals surface area contributed by atoms with Gasteiger partial charge in [-0.25, -0.2) is 0 Å². The van der Waals surface area contributed by atoms with E-state index >= 15 is 0 Å². The first-order valence-corrected chi connectivity index (χ1v) is 5.97. The third kappa shape index (κ3) is 2.63. The molecular formula is C13H18N2O3. The summed E-state index contributed by atoms with van der Waals surface area (Å²) >= 11 is 0. The summed E-state index contributed by atoms with van der Waals surface area (Å²) in [6.45, 7) is 1.91. The average molecular weight is 250 g/mol. The van der Waals surface area contributed by atoms with Crippen LogP contribution >= 0.6 is 0 Å². The van der Waals surface area contributed by atoms with Crippen LogP contribution < -0.4 is 15.0 Å². The van der Waals surface area contributed by atoms with Crippen molar-refractivity contribution in [3.63, 3.8) is 0 Å². The molecule has 5 nitrogen and oxygen atoms in total. The molecule has 1 saturated heterocycles. The largest absolute Gasteiger partial charge is 0.495 e. The fourth-order valence-electron chi connectivity index (χ4n) is 1.97. The molecule has 0 bridgehead atoms. The summed E-state index contributed by atoms with van der Waals surface area (Å²) < 4.78 is 10.7. The smallest absolute Gasteiger partial charge is 0.257 e. The standard InChI is InChI=1S/C13H18N2O3/c1-15(10-5-3-4-6-11(10)17-2)13(16)12-9-14-7-8-18-12/h3-6,12,14H,7-9H2,1-2H3. The monoisotopic (exact) mass is 250 g/mol. The van der Waals surface area contributed by atoms with Gasteiger partial charge in [0.2, 0.25) is 0 Å². The highest BCUT2D eigenvalue weighted by atomic mass is 16.5. The summed E-state index contributed by atoms with van der Waals surface area (Å²) in [5, 5.41) is 3.15. The van der Waals surface area contributed by atoms with Crippen molar-refractivity contribution in [2.75, 3.05) is 38.8 Å². The van der Waals surface area contributed by atoms with Gasteiger partial charge in [0.15, 0.2) is 0 Å². The van der Waals surface area contributed by atoms with Crippen molar-refractivity contribution in [2.45, 2.75) is 6.10 Å². The molecule has 1 aromatic carbocycles. The first-order chi connectivity index (χ1) is 8.74. The molecule has 1 aromatic rings. The average Bonchev–Trinajstić information content (AvgIpc) is 2.46. The summed E-state index contributed by atoms with van der Waals surface area (Å²) in [4.78, 5) is 13.9. The minimum Gasteiger partial charge on any atom is -0.495 e. The lowest BCUT2D eigenvalue weighted by molar-refractivity contribution is -0.131. The zero-order valence-electron chi connectivity index (χ0n) is 10.7. The number of carbonyl (C=O) groups is 1. The van der Waals surface area contributed by atoms with Gasteiger partial charge in [0, 0.05) is 20.1 Å². The molecule has 18 heavy (non-hydrogen) atoms. The zero-order valence-corrected chi connectivity index (χ0v) is 10.7. The van der Waals surface area contributed by atoms with Crippen molar-refractivity contribution in [1.82, 2.24) is 5.32 Å². The molecule has 2 rings (SSSR count). The molecule has 1 atom stereocenters. The Labute approximate surface area is 107 Å². The van der Waals surface area contributed by atoms with Gasteiger partial charge in [0.1, 0.15) is 11.9 Å². The number of morpholine rings is 1. The van der Waals surface area contributed by atoms with Gasteiger partial charge in [-0.1, -0.05) is 12.1 Å². The number of methoxy groups -OCH3 is 1. The molecule has 5 heteroatoms. The topological polar surface area (TPSA) is 50.8 Å². The Morgan fingerprint density at radius 1 is 1.50 bits per heavy atom. The Morgan fingerprint density at radius 2 is 2.28 bits per heavy atom. The molecule has 0 aromatic heterocycles. The minimum atomic E-state index is -0.423. The molecule has 0 saturated carbocycles. The molecule has 98 valence electrons. The van der Waals surface area contributed by atoms with Crippen LogP contribution in [0, 0.1) is 0 Å². The van der Waals surface area contributed by atoms with Crippen LogP contribution in [0.25, 0.3) is 0 Å². The second-order valence-corrected chi connectivity index (χ2v) is 4.13. The molecule has 1 fully saturated rings. The first-order valence-electron chi connectivity index (χ1n) is 5.97. The van der Waals surface area contributed by atoms with Crippen LogP contribution in [0.5, 0.6) is 5.75 Å². The van der Waals surface area contributed by atoms with Crippen molar-refractivity contribution in [3.05, 3.63) is 24.3 Å². The number of carbonyl (C=O) groups excluding carboxylic acids is 1. The quantitative estimate of drug-likeness (QED) is 0.855. The molecule has 1 heterocycles. The van der Waals surface area contributed by atoms with Crippen LogP contribution in [-0.4, -0.2) is 45.9 Å². The third-order valence-corrected chi connectivity index (χ3v) is 2.98. The summed E-state index contributed by atoms with van der Waals surface area (Å²) in [6, 6.07) is 7.44. The Balaban J connectivity index is 2.14. The van der Waals surface area contributed by atoms with Gasteiger partial charge in [-0.3, -0.25) is 4.79 Å². The van der Waals surface area contributed by atoms with Gasteiger partial charge in [0.05, 0.1) is 19.4 Å². The van der Waals surface area contributed by atoms with Crippen LogP contribution in [0.4, 0.5) is 5.69 Å². The van der Waals surface area contributed by atoms with E-state index in [0.717, 1.165) is 12.2 Å². The number of anilines is 1. The van der Waals surface area contributed by atoms with E-state index in [4.69, 9.17) is 9.47 Å². The van der Waals surface area contributed by atoms with E-state index in [0.29, 0.717) is 18.9 Å². The van der Waals surface area contributed by atoms with E-state index in [9.17, 15) is 4.79 Å². The number of nitrogens with zero attached hydrogens (tertiary/aromatic N) is 1. The van der Waals surface area contributed by atoms with Gasteiger partial charge >= 0.3 is 0 Å². The molecule has 1 aliphatic heterocycles. The second kappa shape index (κ2) is 5.84. The van der Waals surface area contributed by atoms with Crippen LogP contribution in [0.1, 0.15) is 0 Å². The lowest BCUT2D eigenvalue weighted by Crippen LogP contribution is -2.48. The van der Waals surface area contributed by atoms with Crippen LogP contribution in [0.15, 0.2) is 24.3 Å². The fraction of sp³-hybridized carbons (Fsp3) is 0.462. The van der Waals surface area contributed by atoms with E-state index in [1.807, 2.05) is 24.3 Å². The fourth-order valence-corrected chi connectivity index (χ4v) is 1.97. The number of ether oxygens (including phenoxy) is 2. The van der Waals surface area contributed by atoms with E-state index in [-0.39, 0.29) is 5.91 Å². The van der Waals surface area contributed by atoms with Crippen LogP contribution in [0.3, 0.4) is 0 Å². The molecule has 0 spiro atoms. The van der Waals surface area contributed by atoms with Gasteiger partial charge in [0.25, 0.3) is 5.91 Å². The summed E-state index contributed by atoms with van der Waals surface area (Å²) in [5.41, 5.74) is 0.749. The highest BCUT2D eigenvalue weighted by Gasteiger charge is 2.26. The maximum Gasteiger partial charge on any atom is 0.257 e. The van der Waals surface area contributed by atoms with E-state index < -0.39 is 6.10 Å². The number of benzene rings is 1. The van der Waals surface area contributed by atoms with Gasteiger partial charge < -0.3 is 19.7 Å². The minimum absolute atomic E-state index is 0.0632. The van der Waals surface area contributed by atoms with Crippen molar-refractivity contribution >= 4 is 11.6 Å². The number of hydrogen-bond acceptors (Lipinski definition) is 4.